The van der Waals surface area contributed by atoms with Crippen LogP contribution in [0, 0.1) is 0 Å². The summed E-state index contributed by atoms with van der Waals surface area (Å²) in [5.74, 6) is -0.364. The lowest BCUT2D eigenvalue weighted by Gasteiger charge is -2.13. The van der Waals surface area contributed by atoms with E-state index in [0.29, 0.717) is 5.75 Å². The summed E-state index contributed by atoms with van der Waals surface area (Å²) in [6.45, 7) is 0. The average molecular weight is 340 g/mol. The summed E-state index contributed by atoms with van der Waals surface area (Å²) in [4.78, 5) is 12.1. The maximum atomic E-state index is 12.2. The largest absolute Gasteiger partial charge is 0.423 e. The minimum atomic E-state index is -3.66. The maximum absolute atomic E-state index is 12.2. The van der Waals surface area contributed by atoms with Crippen LogP contribution in [0.1, 0.15) is 10.4 Å². The van der Waals surface area contributed by atoms with Gasteiger partial charge in [0, 0.05) is 14.1 Å². The zero-order chi connectivity index (χ0) is 16.3. The molecule has 116 valence electrons. The van der Waals surface area contributed by atoms with Gasteiger partial charge in [-0.15, -0.1) is 0 Å². The SMILES string of the molecule is CN(C)S(=O)(=O)c1ccc(Cl)c(C(=O)Oc2ccccc2)c1. The van der Waals surface area contributed by atoms with Gasteiger partial charge in [0.1, 0.15) is 5.75 Å². The summed E-state index contributed by atoms with van der Waals surface area (Å²) in [5, 5.41) is 0.124. The quantitative estimate of drug-likeness (QED) is 0.634. The Morgan fingerprint density at radius 2 is 1.73 bits per heavy atom. The lowest BCUT2D eigenvalue weighted by atomic mass is 10.2. The topological polar surface area (TPSA) is 63.7 Å². The summed E-state index contributed by atoms with van der Waals surface area (Å²) in [6, 6.07) is 12.4. The summed E-state index contributed by atoms with van der Waals surface area (Å²) in [6.07, 6.45) is 0. The van der Waals surface area contributed by atoms with Crippen LogP contribution in [0.25, 0.3) is 0 Å². The Morgan fingerprint density at radius 1 is 1.09 bits per heavy atom. The van der Waals surface area contributed by atoms with Crippen molar-refractivity contribution in [2.24, 2.45) is 0 Å². The highest BCUT2D eigenvalue weighted by molar-refractivity contribution is 7.89. The molecule has 0 atom stereocenters. The van der Waals surface area contributed by atoms with Crippen molar-refractivity contribution in [3.63, 3.8) is 0 Å². The van der Waals surface area contributed by atoms with Gasteiger partial charge in [0.15, 0.2) is 0 Å². The number of esters is 1. The fourth-order valence-electron chi connectivity index (χ4n) is 1.68. The van der Waals surface area contributed by atoms with Gasteiger partial charge in [0.2, 0.25) is 10.0 Å². The summed E-state index contributed by atoms with van der Waals surface area (Å²) in [5.41, 5.74) is -0.00607. The molecule has 2 rings (SSSR count). The monoisotopic (exact) mass is 339 g/mol. The van der Waals surface area contributed by atoms with Crippen LogP contribution in [0.15, 0.2) is 53.4 Å². The van der Waals surface area contributed by atoms with Gasteiger partial charge in [0.25, 0.3) is 0 Å². The normalized spacial score (nSPS) is 11.5. The molecule has 7 heteroatoms. The van der Waals surface area contributed by atoms with Crippen molar-refractivity contribution in [1.82, 2.24) is 4.31 Å². The van der Waals surface area contributed by atoms with Gasteiger partial charge in [-0.2, -0.15) is 0 Å². The smallest absolute Gasteiger partial charge is 0.345 e. The van der Waals surface area contributed by atoms with Crippen molar-refractivity contribution in [2.75, 3.05) is 14.1 Å². The second kappa shape index (κ2) is 6.48. The van der Waals surface area contributed by atoms with Gasteiger partial charge in [-0.3, -0.25) is 0 Å². The van der Waals surface area contributed by atoms with E-state index in [9.17, 15) is 13.2 Å². The van der Waals surface area contributed by atoms with E-state index < -0.39 is 16.0 Å². The molecule has 2 aromatic rings. The average Bonchev–Trinajstić information content (AvgIpc) is 2.48. The molecule has 0 aliphatic rings. The minimum absolute atomic E-state index is 0.00607. The number of rotatable bonds is 4. The van der Waals surface area contributed by atoms with Gasteiger partial charge in [0.05, 0.1) is 15.5 Å². The van der Waals surface area contributed by atoms with E-state index in [0.717, 1.165) is 4.31 Å². The first-order chi connectivity index (χ1) is 10.3. The number of sulfonamides is 1. The van der Waals surface area contributed by atoms with Gasteiger partial charge in [-0.1, -0.05) is 29.8 Å². The zero-order valence-electron chi connectivity index (χ0n) is 12.0. The first-order valence-corrected chi connectivity index (χ1v) is 8.13. The van der Waals surface area contributed by atoms with Crippen molar-refractivity contribution in [1.29, 1.82) is 0 Å². The van der Waals surface area contributed by atoms with Crippen molar-refractivity contribution < 1.29 is 17.9 Å². The molecule has 22 heavy (non-hydrogen) atoms. The Kier molecular flexibility index (Phi) is 4.85. The van der Waals surface area contributed by atoms with Crippen molar-refractivity contribution in [2.45, 2.75) is 4.90 Å². The van der Waals surface area contributed by atoms with Gasteiger partial charge >= 0.3 is 5.97 Å². The molecular weight excluding hydrogens is 326 g/mol. The molecule has 0 aliphatic heterocycles. The third kappa shape index (κ3) is 3.47. The number of para-hydroxylation sites is 1. The second-order valence-electron chi connectivity index (χ2n) is 4.63. The molecule has 0 aromatic heterocycles. The van der Waals surface area contributed by atoms with Crippen LogP contribution < -0.4 is 4.74 Å². The van der Waals surface area contributed by atoms with Gasteiger partial charge in [-0.05, 0) is 30.3 Å². The number of benzene rings is 2. The van der Waals surface area contributed by atoms with E-state index >= 15 is 0 Å². The molecule has 0 unspecified atom stereocenters. The van der Waals surface area contributed by atoms with E-state index in [-0.39, 0.29) is 15.5 Å². The molecule has 0 radical (unpaired) electrons. The molecule has 0 N–H and O–H groups in total. The lowest BCUT2D eigenvalue weighted by Crippen LogP contribution is -2.22. The third-order valence-corrected chi connectivity index (χ3v) is 5.03. The molecule has 5 nitrogen and oxygen atoms in total. The number of carbonyl (C=O) groups is 1. The highest BCUT2D eigenvalue weighted by atomic mass is 35.5. The molecule has 2 aromatic carbocycles. The molecule has 0 amide bonds. The fourth-order valence-corrected chi connectivity index (χ4v) is 2.81. The molecule has 0 saturated heterocycles. The number of ether oxygens (including phenoxy) is 1. The van der Waals surface area contributed by atoms with Crippen molar-refractivity contribution in [3.8, 4) is 5.75 Å². The number of nitrogens with zero attached hydrogens (tertiary/aromatic N) is 1. The third-order valence-electron chi connectivity index (χ3n) is 2.89. The number of hydrogen-bond donors (Lipinski definition) is 0. The van der Waals surface area contributed by atoms with Crippen LogP contribution in [-0.2, 0) is 10.0 Å². The highest BCUT2D eigenvalue weighted by Gasteiger charge is 2.21. The van der Waals surface area contributed by atoms with E-state index in [2.05, 4.69) is 0 Å². The summed E-state index contributed by atoms with van der Waals surface area (Å²) >= 11 is 5.98. The lowest BCUT2D eigenvalue weighted by molar-refractivity contribution is 0.0734. The van der Waals surface area contributed by atoms with Crippen molar-refractivity contribution in [3.05, 3.63) is 59.1 Å². The Labute approximate surface area is 134 Å². The fraction of sp³-hybridized carbons (Fsp3) is 0.133. The van der Waals surface area contributed by atoms with E-state index in [4.69, 9.17) is 16.3 Å². The van der Waals surface area contributed by atoms with Crippen LogP contribution in [-0.4, -0.2) is 32.8 Å². The second-order valence-corrected chi connectivity index (χ2v) is 7.19. The van der Waals surface area contributed by atoms with Crippen LogP contribution in [0.5, 0.6) is 5.75 Å². The van der Waals surface area contributed by atoms with Crippen LogP contribution in [0.4, 0.5) is 0 Å². The molecular formula is C15H14ClNO4S. The Morgan fingerprint density at radius 3 is 2.32 bits per heavy atom. The summed E-state index contributed by atoms with van der Waals surface area (Å²) < 4.78 is 30.4. The molecule has 0 spiro atoms. The number of hydrogen-bond acceptors (Lipinski definition) is 4. The van der Waals surface area contributed by atoms with E-state index in [1.54, 1.807) is 30.3 Å². The first-order valence-electron chi connectivity index (χ1n) is 6.31. The minimum Gasteiger partial charge on any atom is -0.423 e. The van der Waals surface area contributed by atoms with Crippen LogP contribution >= 0.6 is 11.6 Å². The first kappa shape index (κ1) is 16.5. The zero-order valence-corrected chi connectivity index (χ0v) is 13.6. The van der Waals surface area contributed by atoms with Crippen LogP contribution in [0.2, 0.25) is 5.02 Å². The Bertz CT molecular complexity index is 788. The number of carbonyl (C=O) groups excluding carboxylic acids is 1. The molecule has 0 fully saturated rings. The van der Waals surface area contributed by atoms with Crippen LogP contribution in [0.3, 0.4) is 0 Å². The Balaban J connectivity index is 2.37. The predicted octanol–water partition coefficient (Wildman–Crippen LogP) is 2.81. The number of halogens is 1. The van der Waals surface area contributed by atoms with E-state index in [1.165, 1.54) is 32.3 Å². The molecule has 0 saturated carbocycles. The van der Waals surface area contributed by atoms with Gasteiger partial charge in [-0.25, -0.2) is 17.5 Å². The maximum Gasteiger partial charge on any atom is 0.345 e. The molecule has 0 heterocycles. The van der Waals surface area contributed by atoms with Gasteiger partial charge < -0.3 is 4.74 Å². The summed E-state index contributed by atoms with van der Waals surface area (Å²) in [7, 11) is -0.838. The Hall–Kier alpha value is -1.89. The predicted molar refractivity (Wildman–Crippen MR) is 83.7 cm³/mol. The highest BCUT2D eigenvalue weighted by Crippen LogP contribution is 2.23. The standard InChI is InChI=1S/C15H14ClNO4S/c1-17(2)22(19,20)12-8-9-14(16)13(10-12)15(18)21-11-6-4-3-5-7-11/h3-10H,1-2H3. The van der Waals surface area contributed by atoms with E-state index in [1.807, 2.05) is 0 Å². The molecule has 0 bridgehead atoms. The molecule has 0 aliphatic carbocycles. The van der Waals surface area contributed by atoms with Crippen molar-refractivity contribution >= 4 is 27.6 Å².